The van der Waals surface area contributed by atoms with Crippen molar-refractivity contribution in [1.82, 2.24) is 9.80 Å². The lowest BCUT2D eigenvalue weighted by Crippen LogP contribution is -2.43. The molecule has 1 saturated heterocycles. The molecule has 108 valence electrons. The van der Waals surface area contributed by atoms with Crippen molar-refractivity contribution < 1.29 is 5.11 Å². The Kier molecular flexibility index (Phi) is 7.15. The molecule has 0 amide bonds. The normalized spacial score (nSPS) is 20.0. The van der Waals surface area contributed by atoms with E-state index in [2.05, 4.69) is 23.6 Å². The maximum Gasteiger partial charge on any atom is 0.0558 e. The molecule has 0 aromatic carbocycles. The van der Waals surface area contributed by atoms with Gasteiger partial charge in [-0.05, 0) is 44.3 Å². The van der Waals surface area contributed by atoms with Crippen molar-refractivity contribution in [2.45, 2.75) is 33.1 Å². The number of aliphatic hydroxyl groups excluding tert-OH is 1. The number of hydrogen-bond acceptors (Lipinski definition) is 4. The minimum Gasteiger partial charge on any atom is -0.395 e. The van der Waals surface area contributed by atoms with E-state index in [4.69, 9.17) is 10.8 Å². The molecule has 0 aliphatic carbocycles. The Bertz CT molecular complexity index is 211. The predicted molar refractivity (Wildman–Crippen MR) is 76.7 cm³/mol. The van der Waals surface area contributed by atoms with Crippen molar-refractivity contribution in [2.75, 3.05) is 52.4 Å². The summed E-state index contributed by atoms with van der Waals surface area (Å²) in [6, 6.07) is 0. The quantitative estimate of drug-likeness (QED) is 0.707. The van der Waals surface area contributed by atoms with E-state index >= 15 is 0 Å². The van der Waals surface area contributed by atoms with Crippen LogP contribution in [0.4, 0.5) is 0 Å². The Hall–Kier alpha value is -0.160. The van der Waals surface area contributed by atoms with Crippen LogP contribution in [0.15, 0.2) is 0 Å². The van der Waals surface area contributed by atoms with Gasteiger partial charge in [-0.25, -0.2) is 0 Å². The molecule has 0 aromatic rings. The van der Waals surface area contributed by atoms with Crippen LogP contribution in [0.3, 0.4) is 0 Å². The second-order valence-electron chi connectivity index (χ2n) is 5.61. The van der Waals surface area contributed by atoms with E-state index in [1.54, 1.807) is 0 Å². The molecule has 4 heteroatoms. The Balaban J connectivity index is 2.47. The van der Waals surface area contributed by atoms with Gasteiger partial charge in [0.1, 0.15) is 0 Å². The van der Waals surface area contributed by atoms with E-state index in [0.29, 0.717) is 5.41 Å². The first kappa shape index (κ1) is 15.9. The van der Waals surface area contributed by atoms with Crippen molar-refractivity contribution in [1.29, 1.82) is 0 Å². The highest BCUT2D eigenvalue weighted by Gasteiger charge is 2.28. The maximum atomic E-state index is 9.01. The van der Waals surface area contributed by atoms with Gasteiger partial charge in [0.25, 0.3) is 0 Å². The number of nitrogens with zero attached hydrogens (tertiary/aromatic N) is 2. The molecular weight excluding hydrogens is 226 g/mol. The Morgan fingerprint density at radius 1 is 1.06 bits per heavy atom. The number of rotatable bonds is 7. The van der Waals surface area contributed by atoms with Crippen LogP contribution in [-0.2, 0) is 0 Å². The molecule has 1 rings (SSSR count). The fourth-order valence-electron chi connectivity index (χ4n) is 2.85. The van der Waals surface area contributed by atoms with Gasteiger partial charge in [-0.15, -0.1) is 0 Å². The average molecular weight is 257 g/mol. The van der Waals surface area contributed by atoms with Crippen LogP contribution in [-0.4, -0.2) is 67.3 Å². The summed E-state index contributed by atoms with van der Waals surface area (Å²) in [4.78, 5) is 4.93. The molecule has 0 atom stereocenters. The van der Waals surface area contributed by atoms with Crippen molar-refractivity contribution in [3.05, 3.63) is 0 Å². The SMILES string of the molecule is CCC(CC)(CN)CN1CCCN(CCO)CC1. The van der Waals surface area contributed by atoms with E-state index in [-0.39, 0.29) is 6.61 Å². The highest BCUT2D eigenvalue weighted by molar-refractivity contribution is 4.83. The molecule has 0 radical (unpaired) electrons. The zero-order valence-corrected chi connectivity index (χ0v) is 12.2. The minimum atomic E-state index is 0.274. The predicted octanol–water partition coefficient (Wildman–Crippen LogP) is 0.752. The molecule has 1 aliphatic rings. The fraction of sp³-hybridized carbons (Fsp3) is 1.00. The zero-order chi connectivity index (χ0) is 13.4. The average Bonchev–Trinajstić information content (AvgIpc) is 2.62. The smallest absolute Gasteiger partial charge is 0.0558 e. The van der Waals surface area contributed by atoms with Gasteiger partial charge in [0.2, 0.25) is 0 Å². The van der Waals surface area contributed by atoms with E-state index in [1.165, 1.54) is 13.0 Å². The summed E-state index contributed by atoms with van der Waals surface area (Å²) in [5, 5.41) is 9.01. The lowest BCUT2D eigenvalue weighted by molar-refractivity contribution is 0.143. The first-order valence-electron chi connectivity index (χ1n) is 7.45. The van der Waals surface area contributed by atoms with E-state index in [9.17, 15) is 0 Å². The van der Waals surface area contributed by atoms with Gasteiger partial charge < -0.3 is 15.7 Å². The second-order valence-corrected chi connectivity index (χ2v) is 5.61. The van der Waals surface area contributed by atoms with Gasteiger partial charge in [0, 0.05) is 26.2 Å². The van der Waals surface area contributed by atoms with Crippen LogP contribution in [0.25, 0.3) is 0 Å². The molecule has 1 fully saturated rings. The molecule has 4 nitrogen and oxygen atoms in total. The Morgan fingerprint density at radius 3 is 2.22 bits per heavy atom. The standard InChI is InChI=1S/C14H31N3O/c1-3-14(4-2,12-15)13-17-7-5-6-16(8-9-17)10-11-18/h18H,3-13,15H2,1-2H3. The van der Waals surface area contributed by atoms with Crippen LogP contribution in [0.2, 0.25) is 0 Å². The molecule has 1 aliphatic heterocycles. The summed E-state index contributed by atoms with van der Waals surface area (Å²) >= 11 is 0. The molecule has 0 saturated carbocycles. The first-order chi connectivity index (χ1) is 8.69. The van der Waals surface area contributed by atoms with E-state index in [0.717, 1.165) is 52.1 Å². The largest absolute Gasteiger partial charge is 0.395 e. The van der Waals surface area contributed by atoms with Crippen LogP contribution in [0, 0.1) is 5.41 Å². The number of nitrogens with two attached hydrogens (primary N) is 1. The summed E-state index contributed by atoms with van der Waals surface area (Å²) in [5.74, 6) is 0. The molecule has 1 heterocycles. The summed E-state index contributed by atoms with van der Waals surface area (Å²) in [6.07, 6.45) is 3.53. The van der Waals surface area contributed by atoms with Crippen LogP contribution < -0.4 is 5.73 Å². The van der Waals surface area contributed by atoms with Crippen LogP contribution in [0.1, 0.15) is 33.1 Å². The third-order valence-corrected chi connectivity index (χ3v) is 4.59. The summed E-state index contributed by atoms with van der Waals surface area (Å²) in [7, 11) is 0. The van der Waals surface area contributed by atoms with Crippen molar-refractivity contribution in [3.8, 4) is 0 Å². The maximum absolute atomic E-state index is 9.01. The molecule has 0 aromatic heterocycles. The first-order valence-corrected chi connectivity index (χ1v) is 7.45. The van der Waals surface area contributed by atoms with Gasteiger partial charge in [-0.3, -0.25) is 4.90 Å². The molecule has 18 heavy (non-hydrogen) atoms. The van der Waals surface area contributed by atoms with Crippen molar-refractivity contribution >= 4 is 0 Å². The number of β-amino-alcohol motifs (C(OH)–C–C–N with tert-alkyl or cyclic N) is 1. The van der Waals surface area contributed by atoms with Gasteiger partial charge >= 0.3 is 0 Å². The highest BCUT2D eigenvalue weighted by atomic mass is 16.3. The number of hydrogen-bond donors (Lipinski definition) is 2. The van der Waals surface area contributed by atoms with Crippen molar-refractivity contribution in [2.24, 2.45) is 11.1 Å². The third kappa shape index (κ3) is 4.50. The minimum absolute atomic E-state index is 0.274. The number of aliphatic hydroxyl groups is 1. The van der Waals surface area contributed by atoms with Gasteiger partial charge in [-0.2, -0.15) is 0 Å². The fourth-order valence-corrected chi connectivity index (χ4v) is 2.85. The summed E-state index contributed by atoms with van der Waals surface area (Å²) < 4.78 is 0. The molecule has 0 bridgehead atoms. The monoisotopic (exact) mass is 257 g/mol. The van der Waals surface area contributed by atoms with E-state index in [1.807, 2.05) is 0 Å². The van der Waals surface area contributed by atoms with Gasteiger partial charge in [-0.1, -0.05) is 13.8 Å². The second kappa shape index (κ2) is 8.10. The van der Waals surface area contributed by atoms with Crippen molar-refractivity contribution in [3.63, 3.8) is 0 Å². The topological polar surface area (TPSA) is 52.7 Å². The van der Waals surface area contributed by atoms with Gasteiger partial charge in [0.05, 0.1) is 6.61 Å². The lowest BCUT2D eigenvalue weighted by Gasteiger charge is -2.36. The Labute approximate surface area is 112 Å². The lowest BCUT2D eigenvalue weighted by atomic mass is 9.82. The molecule has 3 N–H and O–H groups in total. The molecule has 0 unspecified atom stereocenters. The molecule has 0 spiro atoms. The summed E-state index contributed by atoms with van der Waals surface area (Å²) in [6.45, 7) is 12.0. The summed E-state index contributed by atoms with van der Waals surface area (Å²) in [5.41, 5.74) is 6.29. The Morgan fingerprint density at radius 2 is 1.67 bits per heavy atom. The van der Waals surface area contributed by atoms with Gasteiger partial charge in [0.15, 0.2) is 0 Å². The van der Waals surface area contributed by atoms with E-state index < -0.39 is 0 Å². The van der Waals surface area contributed by atoms with Crippen LogP contribution in [0.5, 0.6) is 0 Å². The zero-order valence-electron chi connectivity index (χ0n) is 12.2. The highest BCUT2D eigenvalue weighted by Crippen LogP contribution is 2.26. The van der Waals surface area contributed by atoms with Crippen LogP contribution >= 0.6 is 0 Å². The molecular formula is C14H31N3O. The third-order valence-electron chi connectivity index (χ3n) is 4.59.